The number of nitrogens with zero attached hydrogens (tertiary/aromatic N) is 1. The largest absolute Gasteiger partial charge is 0.349 e. The van der Waals surface area contributed by atoms with Gasteiger partial charge in [-0.05, 0) is 43.3 Å². The molecule has 0 saturated heterocycles. The molecular weight excluding hydrogens is 310 g/mol. The van der Waals surface area contributed by atoms with E-state index in [9.17, 15) is 9.59 Å². The first kappa shape index (κ1) is 15.7. The Balaban J connectivity index is 1.97. The number of H-pyrrole nitrogens is 1. The lowest BCUT2D eigenvalue weighted by Crippen LogP contribution is -2.32. The molecule has 0 radical (unpaired) electrons. The second kappa shape index (κ2) is 6.50. The van der Waals surface area contributed by atoms with Crippen molar-refractivity contribution >= 4 is 29.0 Å². The lowest BCUT2D eigenvalue weighted by molar-refractivity contribution is 0.0938. The van der Waals surface area contributed by atoms with E-state index in [-0.39, 0.29) is 17.5 Å². The Morgan fingerprint density at radius 3 is 2.87 bits per heavy atom. The highest BCUT2D eigenvalue weighted by Gasteiger charge is 2.18. The maximum Gasteiger partial charge on any atom is 0.262 e. The number of hydrogen-bond donors (Lipinski definition) is 2. The zero-order valence-corrected chi connectivity index (χ0v) is 13.6. The first-order valence-corrected chi connectivity index (χ1v) is 8.19. The molecule has 3 rings (SSSR count). The van der Waals surface area contributed by atoms with Crippen LogP contribution in [0, 0.1) is 4.77 Å². The van der Waals surface area contributed by atoms with E-state index in [2.05, 4.69) is 16.9 Å². The average Bonchev–Trinajstić information content (AvgIpc) is 3.03. The van der Waals surface area contributed by atoms with Gasteiger partial charge in [-0.25, -0.2) is 0 Å². The molecule has 2 N–H and O–H groups in total. The van der Waals surface area contributed by atoms with E-state index in [0.29, 0.717) is 27.8 Å². The molecule has 1 amide bonds. The Kier molecular flexibility index (Phi) is 4.43. The molecule has 0 spiro atoms. The highest BCUT2D eigenvalue weighted by Crippen LogP contribution is 2.18. The number of fused-ring (bicyclic) bond motifs is 1. The third-order valence-corrected chi connectivity index (χ3v) is 4.57. The molecule has 23 heavy (non-hydrogen) atoms. The topological polar surface area (TPSA) is 66.9 Å². The van der Waals surface area contributed by atoms with E-state index >= 15 is 0 Å². The van der Waals surface area contributed by atoms with E-state index in [1.54, 1.807) is 24.3 Å². The SMILES string of the molecule is C=CCn1c(=S)[nH]c2cc(C(=O)NC3CCCC3)ccc2c1=O. The van der Waals surface area contributed by atoms with Gasteiger partial charge in [0.05, 0.1) is 10.9 Å². The van der Waals surface area contributed by atoms with Crippen LogP contribution in [-0.4, -0.2) is 21.5 Å². The summed E-state index contributed by atoms with van der Waals surface area (Å²) in [4.78, 5) is 27.8. The molecule has 1 aromatic carbocycles. The highest BCUT2D eigenvalue weighted by molar-refractivity contribution is 7.71. The lowest BCUT2D eigenvalue weighted by Gasteiger charge is -2.12. The fraction of sp³-hybridized carbons (Fsp3) is 0.353. The van der Waals surface area contributed by atoms with Crippen molar-refractivity contribution in [3.8, 4) is 0 Å². The van der Waals surface area contributed by atoms with E-state index in [0.717, 1.165) is 12.8 Å². The quantitative estimate of drug-likeness (QED) is 0.669. The Labute approximate surface area is 139 Å². The Bertz CT molecular complexity index is 876. The summed E-state index contributed by atoms with van der Waals surface area (Å²) in [6, 6.07) is 5.31. The summed E-state index contributed by atoms with van der Waals surface area (Å²) < 4.78 is 1.78. The van der Waals surface area contributed by atoms with Crippen molar-refractivity contribution in [1.29, 1.82) is 0 Å². The van der Waals surface area contributed by atoms with Gasteiger partial charge < -0.3 is 10.3 Å². The Hall–Kier alpha value is -2.21. The predicted octanol–water partition coefficient (Wildman–Crippen LogP) is 2.92. The van der Waals surface area contributed by atoms with Gasteiger partial charge >= 0.3 is 0 Å². The number of allylic oxidation sites excluding steroid dienone is 1. The van der Waals surface area contributed by atoms with Crippen molar-refractivity contribution in [1.82, 2.24) is 14.9 Å². The van der Waals surface area contributed by atoms with Gasteiger partial charge in [-0.1, -0.05) is 18.9 Å². The fourth-order valence-corrected chi connectivity index (χ4v) is 3.30. The van der Waals surface area contributed by atoms with E-state index in [4.69, 9.17) is 12.2 Å². The van der Waals surface area contributed by atoms with Gasteiger partial charge in [0.2, 0.25) is 0 Å². The third kappa shape index (κ3) is 3.12. The molecule has 0 atom stereocenters. The molecule has 1 aliphatic carbocycles. The second-order valence-electron chi connectivity index (χ2n) is 5.85. The van der Waals surface area contributed by atoms with Crippen LogP contribution in [0.15, 0.2) is 35.6 Å². The van der Waals surface area contributed by atoms with Crippen molar-refractivity contribution < 1.29 is 4.79 Å². The van der Waals surface area contributed by atoms with Crippen LogP contribution in [0.3, 0.4) is 0 Å². The van der Waals surface area contributed by atoms with Gasteiger partial charge in [0.25, 0.3) is 11.5 Å². The molecule has 1 fully saturated rings. The molecule has 5 nitrogen and oxygen atoms in total. The van der Waals surface area contributed by atoms with Crippen molar-refractivity contribution in [2.24, 2.45) is 0 Å². The van der Waals surface area contributed by atoms with Crippen LogP contribution >= 0.6 is 12.2 Å². The number of carbonyl (C=O) groups is 1. The van der Waals surface area contributed by atoms with Gasteiger partial charge in [-0.2, -0.15) is 0 Å². The molecule has 6 heteroatoms. The standard InChI is InChI=1S/C17H19N3O2S/c1-2-9-20-16(22)13-8-7-11(10-14(13)19-17(20)23)15(21)18-12-5-3-4-6-12/h2,7-8,10,12H,1,3-6,9H2,(H,18,21)(H,19,23). The van der Waals surface area contributed by atoms with Crippen LogP contribution in [0.25, 0.3) is 10.9 Å². The fourth-order valence-electron chi connectivity index (χ4n) is 3.03. The van der Waals surface area contributed by atoms with Gasteiger partial charge in [-0.15, -0.1) is 6.58 Å². The summed E-state index contributed by atoms with van der Waals surface area (Å²) >= 11 is 5.22. The third-order valence-electron chi connectivity index (χ3n) is 4.25. The molecule has 1 heterocycles. The molecule has 2 aromatic rings. The van der Waals surface area contributed by atoms with Crippen molar-refractivity contribution in [3.63, 3.8) is 0 Å². The van der Waals surface area contributed by atoms with Crippen LogP contribution in [0.2, 0.25) is 0 Å². The first-order valence-electron chi connectivity index (χ1n) is 7.79. The summed E-state index contributed by atoms with van der Waals surface area (Å²) in [7, 11) is 0. The van der Waals surface area contributed by atoms with E-state index < -0.39 is 0 Å². The normalized spacial score (nSPS) is 15.0. The summed E-state index contributed by atoms with van der Waals surface area (Å²) in [6.45, 7) is 3.99. The number of aromatic amines is 1. The van der Waals surface area contributed by atoms with Crippen molar-refractivity contribution in [2.45, 2.75) is 38.3 Å². The zero-order valence-electron chi connectivity index (χ0n) is 12.8. The molecule has 120 valence electrons. The summed E-state index contributed by atoms with van der Waals surface area (Å²) in [5.74, 6) is -0.103. The van der Waals surface area contributed by atoms with Crippen LogP contribution in [-0.2, 0) is 6.54 Å². The second-order valence-corrected chi connectivity index (χ2v) is 6.24. The van der Waals surface area contributed by atoms with E-state index in [1.165, 1.54) is 17.4 Å². The van der Waals surface area contributed by atoms with Crippen LogP contribution < -0.4 is 10.9 Å². The molecule has 1 saturated carbocycles. The Morgan fingerprint density at radius 1 is 1.43 bits per heavy atom. The predicted molar refractivity (Wildman–Crippen MR) is 93.3 cm³/mol. The van der Waals surface area contributed by atoms with Gasteiger partial charge in [0, 0.05) is 18.2 Å². The molecule has 0 unspecified atom stereocenters. The number of amides is 1. The number of benzene rings is 1. The number of hydrogen-bond acceptors (Lipinski definition) is 3. The van der Waals surface area contributed by atoms with Crippen LogP contribution in [0.1, 0.15) is 36.0 Å². The number of nitrogens with one attached hydrogen (secondary N) is 2. The molecule has 0 bridgehead atoms. The Morgan fingerprint density at radius 2 is 2.17 bits per heavy atom. The number of carbonyl (C=O) groups excluding carboxylic acids is 1. The van der Waals surface area contributed by atoms with Crippen molar-refractivity contribution in [3.05, 3.63) is 51.5 Å². The zero-order chi connectivity index (χ0) is 16.4. The minimum Gasteiger partial charge on any atom is -0.349 e. The molecular formula is C17H19N3O2S. The summed E-state index contributed by atoms with van der Waals surface area (Å²) in [5, 5.41) is 3.56. The molecule has 1 aliphatic rings. The molecule has 1 aromatic heterocycles. The highest BCUT2D eigenvalue weighted by atomic mass is 32.1. The molecule has 0 aliphatic heterocycles. The first-order chi connectivity index (χ1) is 11.1. The lowest BCUT2D eigenvalue weighted by atomic mass is 10.1. The number of aromatic nitrogens is 2. The van der Waals surface area contributed by atoms with E-state index in [1.807, 2.05) is 0 Å². The summed E-state index contributed by atoms with van der Waals surface area (Å²) in [5.41, 5.74) is 0.946. The number of rotatable bonds is 4. The minimum absolute atomic E-state index is 0.103. The van der Waals surface area contributed by atoms with Gasteiger partial charge in [-0.3, -0.25) is 14.2 Å². The van der Waals surface area contributed by atoms with Gasteiger partial charge in [0.15, 0.2) is 4.77 Å². The smallest absolute Gasteiger partial charge is 0.262 e. The maximum atomic E-state index is 12.4. The van der Waals surface area contributed by atoms with Crippen LogP contribution in [0.5, 0.6) is 0 Å². The minimum atomic E-state index is -0.175. The maximum absolute atomic E-state index is 12.4. The average molecular weight is 329 g/mol. The van der Waals surface area contributed by atoms with Gasteiger partial charge in [0.1, 0.15) is 0 Å². The monoisotopic (exact) mass is 329 g/mol. The summed E-state index contributed by atoms with van der Waals surface area (Å²) in [6.07, 6.45) is 6.03. The van der Waals surface area contributed by atoms with Crippen molar-refractivity contribution in [2.75, 3.05) is 0 Å². The van der Waals surface area contributed by atoms with Crippen LogP contribution in [0.4, 0.5) is 0 Å².